The number of anilines is 1. The van der Waals surface area contributed by atoms with Crippen LogP contribution < -0.4 is 5.32 Å². The summed E-state index contributed by atoms with van der Waals surface area (Å²) in [4.78, 5) is 50.1. The van der Waals surface area contributed by atoms with Gasteiger partial charge in [-0.1, -0.05) is 0 Å². The fraction of sp³-hybridized carbons (Fsp3) is 0.368. The van der Waals surface area contributed by atoms with E-state index in [1.807, 2.05) is 0 Å². The zero-order valence-corrected chi connectivity index (χ0v) is 16.4. The van der Waals surface area contributed by atoms with Crippen molar-refractivity contribution < 1.29 is 38.1 Å². The van der Waals surface area contributed by atoms with Crippen LogP contribution in [0.4, 0.5) is 5.69 Å². The molecule has 0 aliphatic carbocycles. The molecule has 0 atom stereocenters. The molecule has 2 rings (SSSR count). The van der Waals surface area contributed by atoms with E-state index in [9.17, 15) is 19.2 Å². The first kappa shape index (κ1) is 21.9. The molecule has 1 amide bonds. The second kappa shape index (κ2) is 10.2. The predicted molar refractivity (Wildman–Crippen MR) is 100 cm³/mol. The van der Waals surface area contributed by atoms with Gasteiger partial charge in [0.2, 0.25) is 0 Å². The zero-order valence-electron chi connectivity index (χ0n) is 16.4. The molecule has 1 aromatic rings. The first-order chi connectivity index (χ1) is 13.9. The highest BCUT2D eigenvalue weighted by Crippen LogP contribution is 2.22. The highest BCUT2D eigenvalue weighted by molar-refractivity contribution is 6.04. The summed E-state index contributed by atoms with van der Waals surface area (Å²) in [5.74, 6) is -2.63. The van der Waals surface area contributed by atoms with Gasteiger partial charge < -0.3 is 29.2 Å². The molecule has 0 aromatic heterocycles. The number of benzene rings is 1. The third-order valence-corrected chi connectivity index (χ3v) is 4.11. The summed E-state index contributed by atoms with van der Waals surface area (Å²) in [7, 11) is 3.48. The first-order valence-electron chi connectivity index (χ1n) is 8.65. The number of nitrogens with one attached hydrogen (secondary N) is 1. The molecule has 10 nitrogen and oxygen atoms in total. The van der Waals surface area contributed by atoms with Gasteiger partial charge in [0.1, 0.15) is 5.70 Å². The zero-order chi connectivity index (χ0) is 21.4. The maximum atomic E-state index is 12.7. The van der Waals surface area contributed by atoms with Crippen molar-refractivity contribution >= 4 is 29.5 Å². The highest BCUT2D eigenvalue weighted by atomic mass is 16.5. The van der Waals surface area contributed by atoms with E-state index in [1.165, 1.54) is 25.3 Å². The Hall–Kier alpha value is -3.40. The summed E-state index contributed by atoms with van der Waals surface area (Å²) in [5.41, 5.74) is 0.159. The Morgan fingerprint density at radius 3 is 2.31 bits per heavy atom. The number of carbonyl (C=O) groups excluding carboxylic acids is 4. The number of hydrogen-bond acceptors (Lipinski definition) is 9. The lowest BCUT2D eigenvalue weighted by molar-refractivity contribution is -0.138. The molecular formula is C19H22N2O8. The maximum absolute atomic E-state index is 12.7. The third-order valence-electron chi connectivity index (χ3n) is 4.11. The number of amides is 1. The van der Waals surface area contributed by atoms with Crippen molar-refractivity contribution in [1.82, 2.24) is 4.90 Å². The van der Waals surface area contributed by atoms with Gasteiger partial charge in [0, 0.05) is 18.7 Å². The largest absolute Gasteiger partial charge is 0.466 e. The lowest BCUT2D eigenvalue weighted by atomic mass is 10.1. The Morgan fingerprint density at radius 2 is 1.72 bits per heavy atom. The Balaban J connectivity index is 2.43. The smallest absolute Gasteiger partial charge is 0.354 e. The van der Waals surface area contributed by atoms with Gasteiger partial charge >= 0.3 is 17.9 Å². The molecule has 1 heterocycles. The van der Waals surface area contributed by atoms with E-state index < -0.39 is 17.9 Å². The van der Waals surface area contributed by atoms with Gasteiger partial charge in [0.25, 0.3) is 5.91 Å². The molecule has 1 aromatic carbocycles. The number of rotatable bonds is 6. The molecule has 0 bridgehead atoms. The number of morpholine rings is 1. The van der Waals surface area contributed by atoms with Crippen molar-refractivity contribution in [2.24, 2.45) is 0 Å². The average molecular weight is 406 g/mol. The molecule has 1 aliphatic rings. The van der Waals surface area contributed by atoms with Crippen LogP contribution in [-0.4, -0.2) is 76.3 Å². The summed E-state index contributed by atoms with van der Waals surface area (Å²) in [5, 5.41) is 2.67. The minimum atomic E-state index is -0.865. The Kier molecular flexibility index (Phi) is 7.72. The van der Waals surface area contributed by atoms with Crippen molar-refractivity contribution in [2.45, 2.75) is 0 Å². The van der Waals surface area contributed by atoms with Crippen molar-refractivity contribution in [3.63, 3.8) is 0 Å². The molecule has 1 aliphatic heterocycles. The van der Waals surface area contributed by atoms with E-state index in [0.717, 1.165) is 20.3 Å². The topological polar surface area (TPSA) is 120 Å². The molecule has 1 fully saturated rings. The van der Waals surface area contributed by atoms with E-state index in [-0.39, 0.29) is 28.4 Å². The summed E-state index contributed by atoms with van der Waals surface area (Å²) >= 11 is 0. The lowest BCUT2D eigenvalue weighted by Gasteiger charge is -2.27. The number of hydrogen-bond donors (Lipinski definition) is 1. The number of esters is 3. The van der Waals surface area contributed by atoms with Crippen LogP contribution in [0.25, 0.3) is 0 Å². The maximum Gasteiger partial charge on any atom is 0.354 e. The Morgan fingerprint density at radius 1 is 1.03 bits per heavy atom. The summed E-state index contributed by atoms with van der Waals surface area (Å²) in [6, 6.07) is 4.28. The van der Waals surface area contributed by atoms with Crippen LogP contribution in [0.5, 0.6) is 0 Å². The fourth-order valence-electron chi connectivity index (χ4n) is 2.60. The van der Waals surface area contributed by atoms with Crippen molar-refractivity contribution in [2.75, 3.05) is 52.9 Å². The second-order valence-electron chi connectivity index (χ2n) is 5.85. The quantitative estimate of drug-likeness (QED) is 0.411. The predicted octanol–water partition coefficient (Wildman–Crippen LogP) is 0.587. The normalized spacial score (nSPS) is 14.0. The van der Waals surface area contributed by atoms with Crippen LogP contribution in [0.2, 0.25) is 0 Å². The van der Waals surface area contributed by atoms with Gasteiger partial charge in [-0.3, -0.25) is 4.79 Å². The van der Waals surface area contributed by atoms with Crippen LogP contribution in [0.3, 0.4) is 0 Å². The SMILES string of the molecule is COC(=O)/C=C(/Nc1cc(C(=O)N2CCOCC2)ccc1C(=O)OC)C(=O)OC. The van der Waals surface area contributed by atoms with E-state index >= 15 is 0 Å². The molecule has 0 radical (unpaired) electrons. The van der Waals surface area contributed by atoms with E-state index in [2.05, 4.69) is 14.8 Å². The number of ether oxygens (including phenoxy) is 4. The monoisotopic (exact) mass is 406 g/mol. The van der Waals surface area contributed by atoms with Crippen LogP contribution in [0.15, 0.2) is 30.0 Å². The van der Waals surface area contributed by atoms with Gasteiger partial charge in [-0.25, -0.2) is 14.4 Å². The van der Waals surface area contributed by atoms with E-state index in [4.69, 9.17) is 9.47 Å². The Bertz CT molecular complexity index is 827. The summed E-state index contributed by atoms with van der Waals surface area (Å²) in [6.45, 7) is 1.75. The van der Waals surface area contributed by atoms with Crippen molar-refractivity contribution in [3.8, 4) is 0 Å². The third kappa shape index (κ3) is 5.55. The standard InChI is InChI=1S/C19H22N2O8/c1-26-16(22)11-15(19(25)28-3)20-14-10-12(4-5-13(14)18(24)27-2)17(23)21-6-8-29-9-7-21/h4-5,10-11,20H,6-9H2,1-3H3/b15-11+. The molecule has 0 saturated carbocycles. The van der Waals surface area contributed by atoms with Crippen molar-refractivity contribution in [3.05, 3.63) is 41.1 Å². The number of carbonyl (C=O) groups is 4. The Labute approximate surface area is 167 Å². The molecule has 10 heteroatoms. The minimum Gasteiger partial charge on any atom is -0.466 e. The van der Waals surface area contributed by atoms with Gasteiger partial charge in [-0.05, 0) is 18.2 Å². The summed E-state index contributed by atoms with van der Waals surface area (Å²) in [6.07, 6.45) is 0.878. The molecule has 0 spiro atoms. The van der Waals surface area contributed by atoms with Gasteiger partial charge in [0.15, 0.2) is 0 Å². The average Bonchev–Trinajstić information content (AvgIpc) is 2.77. The van der Waals surface area contributed by atoms with Gasteiger partial charge in [0.05, 0.1) is 51.9 Å². The van der Waals surface area contributed by atoms with E-state index in [0.29, 0.717) is 26.3 Å². The van der Waals surface area contributed by atoms with Crippen LogP contribution in [-0.2, 0) is 28.5 Å². The lowest BCUT2D eigenvalue weighted by Crippen LogP contribution is -2.40. The molecule has 1 N–H and O–H groups in total. The van der Waals surface area contributed by atoms with Crippen LogP contribution in [0, 0.1) is 0 Å². The number of methoxy groups -OCH3 is 3. The molecular weight excluding hydrogens is 384 g/mol. The van der Waals surface area contributed by atoms with Crippen LogP contribution >= 0.6 is 0 Å². The van der Waals surface area contributed by atoms with Crippen LogP contribution in [0.1, 0.15) is 20.7 Å². The molecule has 29 heavy (non-hydrogen) atoms. The highest BCUT2D eigenvalue weighted by Gasteiger charge is 2.23. The molecule has 156 valence electrons. The second-order valence-corrected chi connectivity index (χ2v) is 5.85. The minimum absolute atomic E-state index is 0.0608. The number of nitrogens with zero attached hydrogens (tertiary/aromatic N) is 1. The fourth-order valence-corrected chi connectivity index (χ4v) is 2.60. The van der Waals surface area contributed by atoms with Crippen molar-refractivity contribution in [1.29, 1.82) is 0 Å². The van der Waals surface area contributed by atoms with Gasteiger partial charge in [-0.2, -0.15) is 0 Å². The summed E-state index contributed by atoms with van der Waals surface area (Å²) < 4.78 is 19.2. The molecule has 0 unspecified atom stereocenters. The first-order valence-corrected chi connectivity index (χ1v) is 8.65. The van der Waals surface area contributed by atoms with Gasteiger partial charge in [-0.15, -0.1) is 0 Å². The van der Waals surface area contributed by atoms with E-state index in [1.54, 1.807) is 4.90 Å². The molecule has 1 saturated heterocycles.